The molecule has 0 atom stereocenters. The molecule has 5 nitrogen and oxygen atoms in total. The van der Waals surface area contributed by atoms with Crippen molar-refractivity contribution < 1.29 is 14.4 Å². The fourth-order valence-electron chi connectivity index (χ4n) is 1.44. The van der Waals surface area contributed by atoms with Gasteiger partial charge in [0.2, 0.25) is 11.8 Å². The minimum absolute atomic E-state index is 0.0370. The predicted molar refractivity (Wildman–Crippen MR) is 61.5 cm³/mol. The van der Waals surface area contributed by atoms with Crippen molar-refractivity contribution in [3.8, 4) is 0 Å². The van der Waals surface area contributed by atoms with E-state index in [4.69, 9.17) is 0 Å². The van der Waals surface area contributed by atoms with Crippen molar-refractivity contribution in [2.24, 2.45) is 0 Å². The molecular weight excluding hydrogens is 208 g/mol. The lowest BCUT2D eigenvalue weighted by molar-refractivity contribution is -0.137. The van der Waals surface area contributed by atoms with Gasteiger partial charge in [0.25, 0.3) is 0 Å². The minimum atomic E-state index is -0.260. The quantitative estimate of drug-likeness (QED) is 0.635. The molecule has 0 heterocycles. The number of carbonyl (C=O) groups excluding carboxylic acids is 2. The van der Waals surface area contributed by atoms with Gasteiger partial charge in [0, 0.05) is 25.9 Å². The average molecular weight is 230 g/mol. The van der Waals surface area contributed by atoms with E-state index in [2.05, 4.69) is 10.3 Å². The molecule has 2 amide bonds. The Morgan fingerprint density at radius 2 is 1.69 bits per heavy atom. The molecule has 0 unspecified atom stereocenters. The molecule has 0 aromatic carbocycles. The Balaban J connectivity index is 3.94. The number of rotatable bonds is 8. The van der Waals surface area contributed by atoms with Crippen LogP contribution in [0.1, 0.15) is 39.5 Å². The third-order valence-electron chi connectivity index (χ3n) is 2.12. The van der Waals surface area contributed by atoms with Gasteiger partial charge >= 0.3 is 0 Å². The molecule has 1 N–H and O–H groups in total. The highest BCUT2D eigenvalue weighted by atomic mass is 16.6. The first-order valence-corrected chi connectivity index (χ1v) is 5.75. The largest absolute Gasteiger partial charge is 0.343 e. The molecule has 0 saturated carbocycles. The maximum atomic E-state index is 11.7. The molecule has 0 spiro atoms. The van der Waals surface area contributed by atoms with E-state index in [0.717, 1.165) is 25.9 Å². The second-order valence-corrected chi connectivity index (χ2v) is 3.61. The van der Waals surface area contributed by atoms with Crippen LogP contribution in [0.5, 0.6) is 0 Å². The summed E-state index contributed by atoms with van der Waals surface area (Å²) in [6.45, 7) is 5.60. The Bertz CT molecular complexity index is 213. The first-order valence-electron chi connectivity index (χ1n) is 5.75. The van der Waals surface area contributed by atoms with Gasteiger partial charge < -0.3 is 4.90 Å². The fraction of sp³-hybridized carbons (Fsp3) is 0.818. The summed E-state index contributed by atoms with van der Waals surface area (Å²) in [6, 6.07) is 0. The van der Waals surface area contributed by atoms with Crippen molar-refractivity contribution in [1.29, 1.82) is 0 Å². The smallest absolute Gasteiger partial charge is 0.244 e. The van der Waals surface area contributed by atoms with E-state index >= 15 is 0 Å². The molecule has 0 aliphatic rings. The third kappa shape index (κ3) is 6.40. The number of hydroxylamine groups is 1. The lowest BCUT2D eigenvalue weighted by Gasteiger charge is -2.21. The molecular formula is C11H22N2O3. The molecule has 0 aromatic heterocycles. The van der Waals surface area contributed by atoms with Crippen LogP contribution in [0.15, 0.2) is 0 Å². The molecule has 94 valence electrons. The zero-order valence-electron chi connectivity index (χ0n) is 10.4. The van der Waals surface area contributed by atoms with Crippen molar-refractivity contribution in [2.45, 2.75) is 39.5 Å². The summed E-state index contributed by atoms with van der Waals surface area (Å²) < 4.78 is 0. The Morgan fingerprint density at radius 3 is 2.12 bits per heavy atom. The van der Waals surface area contributed by atoms with Gasteiger partial charge in [-0.3, -0.25) is 14.4 Å². The Hall–Kier alpha value is -1.10. The highest BCUT2D eigenvalue weighted by Gasteiger charge is 2.13. The Morgan fingerprint density at radius 1 is 1.12 bits per heavy atom. The fourth-order valence-corrected chi connectivity index (χ4v) is 1.44. The maximum Gasteiger partial charge on any atom is 0.244 e. The molecule has 0 aromatic rings. The second-order valence-electron chi connectivity index (χ2n) is 3.61. The van der Waals surface area contributed by atoms with E-state index in [1.807, 2.05) is 13.8 Å². The summed E-state index contributed by atoms with van der Waals surface area (Å²) in [7, 11) is 1.38. The summed E-state index contributed by atoms with van der Waals surface area (Å²) in [5.41, 5.74) is 2.19. The highest BCUT2D eigenvalue weighted by molar-refractivity contribution is 5.83. The van der Waals surface area contributed by atoms with E-state index in [-0.39, 0.29) is 24.7 Å². The molecule has 0 aliphatic carbocycles. The van der Waals surface area contributed by atoms with E-state index < -0.39 is 0 Å². The highest BCUT2D eigenvalue weighted by Crippen LogP contribution is 2.01. The standard InChI is InChI=1S/C11H22N2O3/c1-4-8-13(9-5-2)11(15)7-6-10(14)12-16-3/h4-9H2,1-3H3,(H,12,14). The predicted octanol–water partition coefficient (Wildman–Crippen LogP) is 1.09. The number of nitrogens with zero attached hydrogens (tertiary/aromatic N) is 1. The average Bonchev–Trinajstić information content (AvgIpc) is 2.26. The van der Waals surface area contributed by atoms with Gasteiger partial charge in [-0.25, -0.2) is 5.48 Å². The van der Waals surface area contributed by atoms with Gasteiger partial charge in [-0.15, -0.1) is 0 Å². The lowest BCUT2D eigenvalue weighted by Crippen LogP contribution is -2.33. The van der Waals surface area contributed by atoms with Crippen molar-refractivity contribution in [3.63, 3.8) is 0 Å². The van der Waals surface area contributed by atoms with Gasteiger partial charge in [0.1, 0.15) is 0 Å². The Kier molecular flexibility index (Phi) is 8.52. The van der Waals surface area contributed by atoms with Crippen LogP contribution < -0.4 is 5.48 Å². The minimum Gasteiger partial charge on any atom is -0.343 e. The zero-order chi connectivity index (χ0) is 12.4. The van der Waals surface area contributed by atoms with Crippen LogP contribution in [-0.2, 0) is 14.4 Å². The van der Waals surface area contributed by atoms with Crippen LogP contribution in [0.25, 0.3) is 0 Å². The molecule has 5 heteroatoms. The van der Waals surface area contributed by atoms with Crippen LogP contribution in [-0.4, -0.2) is 36.9 Å². The van der Waals surface area contributed by atoms with Gasteiger partial charge in [0.15, 0.2) is 0 Å². The summed E-state index contributed by atoms with van der Waals surface area (Å²) in [6.07, 6.45) is 2.30. The van der Waals surface area contributed by atoms with Crippen LogP contribution in [0.4, 0.5) is 0 Å². The first kappa shape index (κ1) is 14.9. The van der Waals surface area contributed by atoms with Crippen LogP contribution in [0, 0.1) is 0 Å². The zero-order valence-corrected chi connectivity index (χ0v) is 10.4. The van der Waals surface area contributed by atoms with E-state index in [9.17, 15) is 9.59 Å². The monoisotopic (exact) mass is 230 g/mol. The van der Waals surface area contributed by atoms with Crippen molar-refractivity contribution in [2.75, 3.05) is 20.2 Å². The van der Waals surface area contributed by atoms with E-state index in [0.29, 0.717) is 0 Å². The summed E-state index contributed by atoms with van der Waals surface area (Å²) >= 11 is 0. The first-order chi connectivity index (χ1) is 7.65. The molecule has 0 aliphatic heterocycles. The van der Waals surface area contributed by atoms with Crippen LogP contribution in [0.3, 0.4) is 0 Å². The van der Waals surface area contributed by atoms with Gasteiger partial charge in [-0.05, 0) is 12.8 Å². The van der Waals surface area contributed by atoms with Crippen LogP contribution >= 0.6 is 0 Å². The number of hydrogen-bond donors (Lipinski definition) is 1. The molecule has 0 bridgehead atoms. The SMILES string of the molecule is CCCN(CCC)C(=O)CCC(=O)NOC. The Labute approximate surface area is 97.1 Å². The molecule has 0 radical (unpaired) electrons. The number of hydrogen-bond acceptors (Lipinski definition) is 3. The molecule has 16 heavy (non-hydrogen) atoms. The van der Waals surface area contributed by atoms with Crippen molar-refractivity contribution in [1.82, 2.24) is 10.4 Å². The summed E-state index contributed by atoms with van der Waals surface area (Å²) in [5.74, 6) is -0.223. The van der Waals surface area contributed by atoms with Gasteiger partial charge in [0.05, 0.1) is 7.11 Å². The molecule has 0 rings (SSSR count). The van der Waals surface area contributed by atoms with E-state index in [1.165, 1.54) is 7.11 Å². The number of amides is 2. The van der Waals surface area contributed by atoms with Crippen molar-refractivity contribution >= 4 is 11.8 Å². The number of nitrogens with one attached hydrogen (secondary N) is 1. The van der Waals surface area contributed by atoms with Crippen molar-refractivity contribution in [3.05, 3.63) is 0 Å². The number of carbonyl (C=O) groups is 2. The van der Waals surface area contributed by atoms with Gasteiger partial charge in [-0.1, -0.05) is 13.8 Å². The molecule has 0 fully saturated rings. The normalized spacial score (nSPS) is 9.94. The maximum absolute atomic E-state index is 11.7. The lowest BCUT2D eigenvalue weighted by atomic mass is 10.2. The summed E-state index contributed by atoms with van der Waals surface area (Å²) in [5, 5.41) is 0. The van der Waals surface area contributed by atoms with Crippen LogP contribution in [0.2, 0.25) is 0 Å². The third-order valence-corrected chi connectivity index (χ3v) is 2.12. The second kappa shape index (κ2) is 9.15. The topological polar surface area (TPSA) is 58.6 Å². The van der Waals surface area contributed by atoms with E-state index in [1.54, 1.807) is 4.90 Å². The summed E-state index contributed by atoms with van der Waals surface area (Å²) in [4.78, 5) is 29.1. The van der Waals surface area contributed by atoms with Gasteiger partial charge in [-0.2, -0.15) is 0 Å². The molecule has 0 saturated heterocycles.